The predicted molar refractivity (Wildman–Crippen MR) is 45.0 cm³/mol. The highest BCUT2D eigenvalue weighted by Gasteiger charge is 2.39. The fraction of sp³-hybridized carbons (Fsp3) is 0.600. The Hall–Kier alpha value is -0.560. The van der Waals surface area contributed by atoms with Crippen LogP contribution in [0.15, 0.2) is 24.8 Å². The fourth-order valence-corrected chi connectivity index (χ4v) is 2.48. The molecule has 1 saturated carbocycles. The number of aliphatic hydroxyl groups excluding tert-OH is 1. The van der Waals surface area contributed by atoms with Gasteiger partial charge in [0.25, 0.3) is 0 Å². The number of fused-ring (bicyclic) bond motifs is 1. The van der Waals surface area contributed by atoms with Crippen LogP contribution in [0, 0.1) is 17.8 Å². The zero-order valence-electron chi connectivity index (χ0n) is 6.61. The van der Waals surface area contributed by atoms with E-state index < -0.39 is 0 Å². The SMILES string of the molecule is C=C[C@@H]1CC[C@@H]2C=C[C@@H](O)[C@H]12. The third-order valence-corrected chi connectivity index (χ3v) is 3.07. The molecule has 0 aromatic carbocycles. The second-order valence-electron chi connectivity index (χ2n) is 3.59. The summed E-state index contributed by atoms with van der Waals surface area (Å²) in [6, 6.07) is 0. The van der Waals surface area contributed by atoms with Gasteiger partial charge < -0.3 is 5.11 Å². The van der Waals surface area contributed by atoms with Crippen molar-refractivity contribution in [1.82, 2.24) is 0 Å². The highest BCUT2D eigenvalue weighted by atomic mass is 16.3. The molecule has 60 valence electrons. The Bertz CT molecular complexity index is 195. The molecule has 2 aliphatic rings. The summed E-state index contributed by atoms with van der Waals surface area (Å²) in [6.07, 6.45) is 8.34. The normalized spacial score (nSPS) is 47.7. The maximum atomic E-state index is 9.57. The molecule has 0 spiro atoms. The molecule has 0 heterocycles. The van der Waals surface area contributed by atoms with Gasteiger partial charge in [-0.3, -0.25) is 0 Å². The molecule has 11 heavy (non-hydrogen) atoms. The van der Waals surface area contributed by atoms with Gasteiger partial charge in [-0.2, -0.15) is 0 Å². The Kier molecular flexibility index (Phi) is 1.61. The molecule has 0 unspecified atom stereocenters. The quantitative estimate of drug-likeness (QED) is 0.564. The lowest BCUT2D eigenvalue weighted by molar-refractivity contribution is 0.137. The first kappa shape index (κ1) is 7.11. The summed E-state index contributed by atoms with van der Waals surface area (Å²) in [5.41, 5.74) is 0. The van der Waals surface area contributed by atoms with Crippen LogP contribution in [0.3, 0.4) is 0 Å². The summed E-state index contributed by atoms with van der Waals surface area (Å²) in [5, 5.41) is 9.57. The predicted octanol–water partition coefficient (Wildman–Crippen LogP) is 1.75. The van der Waals surface area contributed by atoms with Gasteiger partial charge in [0, 0.05) is 5.92 Å². The molecule has 0 aliphatic heterocycles. The van der Waals surface area contributed by atoms with Crippen molar-refractivity contribution in [3.8, 4) is 0 Å². The summed E-state index contributed by atoms with van der Waals surface area (Å²) < 4.78 is 0. The third kappa shape index (κ3) is 0.951. The minimum absolute atomic E-state index is 0.203. The second-order valence-corrected chi connectivity index (χ2v) is 3.59. The van der Waals surface area contributed by atoms with E-state index >= 15 is 0 Å². The molecular formula is C10H14O. The summed E-state index contributed by atoms with van der Waals surface area (Å²) in [5.74, 6) is 1.63. The van der Waals surface area contributed by atoms with Crippen LogP contribution in [-0.2, 0) is 0 Å². The molecule has 0 amide bonds. The van der Waals surface area contributed by atoms with Crippen LogP contribution in [0.1, 0.15) is 12.8 Å². The van der Waals surface area contributed by atoms with E-state index in [0.717, 1.165) is 0 Å². The largest absolute Gasteiger partial charge is 0.389 e. The molecule has 2 aliphatic carbocycles. The molecule has 0 aromatic rings. The van der Waals surface area contributed by atoms with Gasteiger partial charge in [0.05, 0.1) is 6.10 Å². The fourth-order valence-electron chi connectivity index (χ4n) is 2.48. The molecule has 1 fully saturated rings. The Morgan fingerprint density at radius 1 is 1.36 bits per heavy atom. The van der Waals surface area contributed by atoms with E-state index in [4.69, 9.17) is 0 Å². The number of hydrogen-bond donors (Lipinski definition) is 1. The molecule has 0 radical (unpaired) electrons. The van der Waals surface area contributed by atoms with E-state index in [1.54, 1.807) is 0 Å². The highest BCUT2D eigenvalue weighted by molar-refractivity contribution is 5.14. The number of allylic oxidation sites excluding steroid dienone is 2. The van der Waals surface area contributed by atoms with E-state index in [1.165, 1.54) is 12.8 Å². The monoisotopic (exact) mass is 150 g/mol. The van der Waals surface area contributed by atoms with Crippen LogP contribution in [-0.4, -0.2) is 11.2 Å². The molecule has 1 nitrogen and oxygen atoms in total. The van der Waals surface area contributed by atoms with Crippen molar-refractivity contribution in [1.29, 1.82) is 0 Å². The first-order valence-corrected chi connectivity index (χ1v) is 4.32. The summed E-state index contributed by atoms with van der Waals surface area (Å²) >= 11 is 0. The van der Waals surface area contributed by atoms with Crippen LogP contribution >= 0.6 is 0 Å². The average molecular weight is 150 g/mol. The van der Waals surface area contributed by atoms with E-state index in [1.807, 2.05) is 12.2 Å². The van der Waals surface area contributed by atoms with Gasteiger partial charge in [-0.1, -0.05) is 18.2 Å². The smallest absolute Gasteiger partial charge is 0.0760 e. The van der Waals surface area contributed by atoms with Crippen molar-refractivity contribution in [2.24, 2.45) is 17.8 Å². The van der Waals surface area contributed by atoms with E-state index in [0.29, 0.717) is 17.8 Å². The summed E-state index contributed by atoms with van der Waals surface area (Å²) in [7, 11) is 0. The van der Waals surface area contributed by atoms with Crippen molar-refractivity contribution in [3.63, 3.8) is 0 Å². The van der Waals surface area contributed by atoms with Crippen LogP contribution < -0.4 is 0 Å². The van der Waals surface area contributed by atoms with E-state index in [2.05, 4.69) is 12.7 Å². The molecule has 1 heteroatoms. The van der Waals surface area contributed by atoms with Gasteiger partial charge >= 0.3 is 0 Å². The molecule has 1 N–H and O–H groups in total. The lowest BCUT2D eigenvalue weighted by Gasteiger charge is -2.18. The van der Waals surface area contributed by atoms with Crippen LogP contribution in [0.25, 0.3) is 0 Å². The molecule has 2 rings (SSSR count). The maximum Gasteiger partial charge on any atom is 0.0760 e. The van der Waals surface area contributed by atoms with Crippen molar-refractivity contribution in [2.45, 2.75) is 18.9 Å². The van der Waals surface area contributed by atoms with Crippen LogP contribution in [0.5, 0.6) is 0 Å². The topological polar surface area (TPSA) is 20.2 Å². The third-order valence-electron chi connectivity index (χ3n) is 3.07. The minimum Gasteiger partial charge on any atom is -0.389 e. The lowest BCUT2D eigenvalue weighted by Crippen LogP contribution is -2.20. The van der Waals surface area contributed by atoms with Gasteiger partial charge in [0.2, 0.25) is 0 Å². The summed E-state index contributed by atoms with van der Waals surface area (Å²) in [6.45, 7) is 3.80. The Morgan fingerprint density at radius 3 is 2.91 bits per heavy atom. The zero-order valence-corrected chi connectivity index (χ0v) is 6.61. The number of hydrogen-bond acceptors (Lipinski definition) is 1. The van der Waals surface area contributed by atoms with Gasteiger partial charge in [-0.15, -0.1) is 6.58 Å². The van der Waals surface area contributed by atoms with Gasteiger partial charge in [-0.25, -0.2) is 0 Å². The van der Waals surface area contributed by atoms with Gasteiger partial charge in [0.1, 0.15) is 0 Å². The van der Waals surface area contributed by atoms with Crippen LogP contribution in [0.2, 0.25) is 0 Å². The first-order valence-electron chi connectivity index (χ1n) is 4.32. The summed E-state index contributed by atoms with van der Waals surface area (Å²) in [4.78, 5) is 0. The van der Waals surface area contributed by atoms with Gasteiger partial charge in [-0.05, 0) is 24.7 Å². The Balaban J connectivity index is 2.17. The first-order chi connectivity index (χ1) is 5.33. The van der Waals surface area contributed by atoms with E-state index in [-0.39, 0.29) is 6.10 Å². The van der Waals surface area contributed by atoms with Crippen molar-refractivity contribution in [3.05, 3.63) is 24.8 Å². The standard InChI is InChI=1S/C10H14O/c1-2-7-3-4-8-5-6-9(11)10(7)8/h2,5-11H,1,3-4H2/t7-,8-,9-,10-/m1/s1. The maximum absolute atomic E-state index is 9.57. The molecular weight excluding hydrogens is 136 g/mol. The van der Waals surface area contributed by atoms with Crippen molar-refractivity contribution in [2.75, 3.05) is 0 Å². The molecule has 0 bridgehead atoms. The minimum atomic E-state index is -0.203. The highest BCUT2D eigenvalue weighted by Crippen LogP contribution is 2.44. The van der Waals surface area contributed by atoms with Gasteiger partial charge in [0.15, 0.2) is 0 Å². The van der Waals surface area contributed by atoms with E-state index in [9.17, 15) is 5.11 Å². The number of rotatable bonds is 1. The van der Waals surface area contributed by atoms with Crippen molar-refractivity contribution >= 4 is 0 Å². The lowest BCUT2D eigenvalue weighted by atomic mass is 9.90. The number of aliphatic hydroxyl groups is 1. The molecule has 0 saturated heterocycles. The Labute approximate surface area is 67.4 Å². The molecule has 4 atom stereocenters. The van der Waals surface area contributed by atoms with Crippen LogP contribution in [0.4, 0.5) is 0 Å². The molecule has 0 aromatic heterocycles. The van der Waals surface area contributed by atoms with Crippen molar-refractivity contribution < 1.29 is 5.11 Å². The second kappa shape index (κ2) is 2.49. The average Bonchev–Trinajstić information content (AvgIpc) is 2.54. The Morgan fingerprint density at radius 2 is 2.18 bits per heavy atom. The zero-order chi connectivity index (χ0) is 7.84.